The van der Waals surface area contributed by atoms with E-state index in [0.29, 0.717) is 11.3 Å². The van der Waals surface area contributed by atoms with E-state index in [-0.39, 0.29) is 13.0 Å². The van der Waals surface area contributed by atoms with Gasteiger partial charge >= 0.3 is 6.18 Å². The molecular weight excluding hydrogens is 233 g/mol. The normalized spacial score (nSPS) is 20.4. The zero-order chi connectivity index (χ0) is 12.5. The van der Waals surface area contributed by atoms with Gasteiger partial charge in [-0.1, -0.05) is 18.2 Å². The molecule has 0 N–H and O–H groups in total. The Kier molecular flexibility index (Phi) is 3.09. The van der Waals surface area contributed by atoms with Crippen LogP contribution in [0.25, 0.3) is 0 Å². The first-order chi connectivity index (χ1) is 7.97. The SMILES string of the molecule is O=C1CCOc2ccccc2C1CC(F)(F)F. The number of halogens is 3. The number of ether oxygens (including phenoxy) is 1. The molecule has 0 saturated heterocycles. The number of alkyl halides is 3. The van der Waals surface area contributed by atoms with Crippen LogP contribution in [-0.4, -0.2) is 18.6 Å². The van der Waals surface area contributed by atoms with E-state index in [1.54, 1.807) is 18.2 Å². The number of ketones is 1. The molecule has 0 amide bonds. The van der Waals surface area contributed by atoms with Crippen molar-refractivity contribution in [2.75, 3.05) is 6.61 Å². The molecule has 0 bridgehead atoms. The number of carbonyl (C=O) groups is 1. The van der Waals surface area contributed by atoms with Crippen molar-refractivity contribution in [2.45, 2.75) is 24.9 Å². The molecule has 0 aromatic heterocycles. The Bertz CT molecular complexity index is 426. The summed E-state index contributed by atoms with van der Waals surface area (Å²) >= 11 is 0. The highest BCUT2D eigenvalue weighted by atomic mass is 19.4. The Labute approximate surface area is 96.4 Å². The van der Waals surface area contributed by atoms with E-state index < -0.39 is 24.3 Å². The molecule has 17 heavy (non-hydrogen) atoms. The minimum Gasteiger partial charge on any atom is -0.493 e. The number of fused-ring (bicyclic) bond motifs is 1. The molecule has 0 saturated carbocycles. The monoisotopic (exact) mass is 244 g/mol. The fourth-order valence-corrected chi connectivity index (χ4v) is 1.96. The third-order valence-corrected chi connectivity index (χ3v) is 2.72. The van der Waals surface area contributed by atoms with Crippen LogP contribution in [0.15, 0.2) is 24.3 Å². The van der Waals surface area contributed by atoms with Gasteiger partial charge in [-0.05, 0) is 6.07 Å². The lowest BCUT2D eigenvalue weighted by molar-refractivity contribution is -0.147. The Morgan fingerprint density at radius 1 is 1.29 bits per heavy atom. The number of para-hydroxylation sites is 1. The molecular formula is C12H11F3O2. The van der Waals surface area contributed by atoms with Crippen molar-refractivity contribution in [3.63, 3.8) is 0 Å². The molecule has 5 heteroatoms. The summed E-state index contributed by atoms with van der Waals surface area (Å²) < 4.78 is 42.6. The van der Waals surface area contributed by atoms with Gasteiger partial charge in [-0.15, -0.1) is 0 Å². The van der Waals surface area contributed by atoms with Gasteiger partial charge in [-0.25, -0.2) is 0 Å². The van der Waals surface area contributed by atoms with E-state index in [1.165, 1.54) is 6.07 Å². The topological polar surface area (TPSA) is 26.3 Å². The maximum atomic E-state index is 12.4. The second-order valence-corrected chi connectivity index (χ2v) is 3.97. The first kappa shape index (κ1) is 12.0. The lowest BCUT2D eigenvalue weighted by Crippen LogP contribution is -2.20. The zero-order valence-electron chi connectivity index (χ0n) is 8.96. The predicted octanol–water partition coefficient (Wildman–Crippen LogP) is 3.07. The van der Waals surface area contributed by atoms with Crippen LogP contribution < -0.4 is 4.74 Å². The van der Waals surface area contributed by atoms with Gasteiger partial charge in [-0.2, -0.15) is 13.2 Å². The van der Waals surface area contributed by atoms with E-state index in [9.17, 15) is 18.0 Å². The van der Waals surface area contributed by atoms with Gasteiger partial charge in [0.25, 0.3) is 0 Å². The standard InChI is InChI=1S/C12H11F3O2/c13-12(14,15)7-9-8-3-1-2-4-11(8)17-6-5-10(9)16/h1-4,9H,5-7H2. The van der Waals surface area contributed by atoms with Crippen LogP contribution in [0.1, 0.15) is 24.3 Å². The molecule has 1 aromatic rings. The summed E-state index contributed by atoms with van der Waals surface area (Å²) in [5.74, 6) is -1.16. The van der Waals surface area contributed by atoms with Crippen molar-refractivity contribution >= 4 is 5.78 Å². The Morgan fingerprint density at radius 3 is 2.71 bits per heavy atom. The third-order valence-electron chi connectivity index (χ3n) is 2.72. The minimum absolute atomic E-state index is 0.0232. The van der Waals surface area contributed by atoms with E-state index >= 15 is 0 Å². The van der Waals surface area contributed by atoms with Crippen LogP contribution in [0.3, 0.4) is 0 Å². The quantitative estimate of drug-likeness (QED) is 0.758. The maximum Gasteiger partial charge on any atom is 0.390 e. The molecule has 0 radical (unpaired) electrons. The molecule has 1 unspecified atom stereocenters. The summed E-state index contributed by atoms with van der Waals surface area (Å²) in [6.07, 6.45) is -5.45. The summed E-state index contributed by atoms with van der Waals surface area (Å²) in [6, 6.07) is 6.41. The Morgan fingerprint density at radius 2 is 2.00 bits per heavy atom. The number of hydrogen-bond donors (Lipinski definition) is 0. The maximum absolute atomic E-state index is 12.4. The highest BCUT2D eigenvalue weighted by Gasteiger charge is 2.38. The van der Waals surface area contributed by atoms with Gasteiger partial charge in [0.15, 0.2) is 0 Å². The van der Waals surface area contributed by atoms with E-state index in [2.05, 4.69) is 0 Å². The Hall–Kier alpha value is -1.52. The number of rotatable bonds is 1. The Balaban J connectivity index is 2.37. The summed E-state index contributed by atoms with van der Waals surface area (Å²) in [5.41, 5.74) is 0.340. The molecule has 1 aromatic carbocycles. The van der Waals surface area contributed by atoms with E-state index in [1.807, 2.05) is 0 Å². The largest absolute Gasteiger partial charge is 0.493 e. The summed E-state index contributed by atoms with van der Waals surface area (Å²) in [5, 5.41) is 0. The number of carbonyl (C=O) groups excluding carboxylic acids is 1. The molecule has 1 atom stereocenters. The summed E-state index contributed by atoms with van der Waals surface area (Å²) in [4.78, 5) is 11.7. The molecule has 0 spiro atoms. The van der Waals surface area contributed by atoms with Gasteiger partial charge in [0, 0.05) is 12.0 Å². The second kappa shape index (κ2) is 4.39. The predicted molar refractivity (Wildman–Crippen MR) is 55.0 cm³/mol. The number of Topliss-reactive ketones (excluding diaryl/α,β-unsaturated/α-hetero) is 1. The fraction of sp³-hybridized carbons (Fsp3) is 0.417. The first-order valence-corrected chi connectivity index (χ1v) is 5.28. The van der Waals surface area contributed by atoms with Crippen molar-refractivity contribution in [3.05, 3.63) is 29.8 Å². The third kappa shape index (κ3) is 2.78. The van der Waals surface area contributed by atoms with Crippen LogP contribution in [0.2, 0.25) is 0 Å². The van der Waals surface area contributed by atoms with Gasteiger partial charge in [0.2, 0.25) is 0 Å². The molecule has 2 rings (SSSR count). The average Bonchev–Trinajstić information content (AvgIpc) is 2.38. The van der Waals surface area contributed by atoms with Crippen LogP contribution in [0.4, 0.5) is 13.2 Å². The lowest BCUT2D eigenvalue weighted by Gasteiger charge is -2.17. The highest BCUT2D eigenvalue weighted by molar-refractivity contribution is 5.87. The smallest absolute Gasteiger partial charge is 0.390 e. The lowest BCUT2D eigenvalue weighted by atomic mass is 9.90. The van der Waals surface area contributed by atoms with Crippen molar-refractivity contribution < 1.29 is 22.7 Å². The average molecular weight is 244 g/mol. The van der Waals surface area contributed by atoms with Crippen LogP contribution >= 0.6 is 0 Å². The summed E-state index contributed by atoms with van der Waals surface area (Å²) in [6.45, 7) is 0.143. The van der Waals surface area contributed by atoms with Crippen LogP contribution in [0.5, 0.6) is 5.75 Å². The first-order valence-electron chi connectivity index (χ1n) is 5.28. The summed E-state index contributed by atoms with van der Waals surface area (Å²) in [7, 11) is 0. The van der Waals surface area contributed by atoms with Crippen molar-refractivity contribution in [1.29, 1.82) is 0 Å². The van der Waals surface area contributed by atoms with Crippen molar-refractivity contribution in [1.82, 2.24) is 0 Å². The second-order valence-electron chi connectivity index (χ2n) is 3.97. The highest BCUT2D eigenvalue weighted by Crippen LogP contribution is 2.38. The van der Waals surface area contributed by atoms with E-state index in [4.69, 9.17) is 4.74 Å². The molecule has 0 fully saturated rings. The fourth-order valence-electron chi connectivity index (χ4n) is 1.96. The molecule has 2 nitrogen and oxygen atoms in total. The number of hydrogen-bond acceptors (Lipinski definition) is 2. The van der Waals surface area contributed by atoms with Crippen LogP contribution in [0, 0.1) is 0 Å². The molecule has 0 aliphatic carbocycles. The molecule has 92 valence electrons. The molecule has 1 aliphatic rings. The minimum atomic E-state index is -4.35. The van der Waals surface area contributed by atoms with E-state index in [0.717, 1.165) is 0 Å². The van der Waals surface area contributed by atoms with Crippen molar-refractivity contribution in [2.24, 2.45) is 0 Å². The van der Waals surface area contributed by atoms with Crippen LogP contribution in [-0.2, 0) is 4.79 Å². The molecule has 1 heterocycles. The van der Waals surface area contributed by atoms with Gasteiger partial charge < -0.3 is 4.74 Å². The number of benzene rings is 1. The molecule has 1 aliphatic heterocycles. The zero-order valence-corrected chi connectivity index (χ0v) is 8.96. The van der Waals surface area contributed by atoms with Crippen molar-refractivity contribution in [3.8, 4) is 5.75 Å². The van der Waals surface area contributed by atoms with Gasteiger partial charge in [0.1, 0.15) is 11.5 Å². The van der Waals surface area contributed by atoms with Gasteiger partial charge in [0.05, 0.1) is 18.9 Å². The van der Waals surface area contributed by atoms with Gasteiger partial charge in [-0.3, -0.25) is 4.79 Å².